The molecule has 0 aliphatic carbocycles. The second-order valence-corrected chi connectivity index (χ2v) is 5.23. The van der Waals surface area contributed by atoms with Crippen molar-refractivity contribution < 1.29 is 9.21 Å². The summed E-state index contributed by atoms with van der Waals surface area (Å²) in [5.41, 5.74) is 2.08. The number of aromatic nitrogens is 1. The van der Waals surface area contributed by atoms with E-state index in [9.17, 15) is 4.79 Å². The molecule has 1 aromatic heterocycles. The van der Waals surface area contributed by atoms with Crippen LogP contribution in [-0.4, -0.2) is 10.8 Å². The molecular weight excluding hydrogens is 214 g/mol. The first-order chi connectivity index (χ1) is 7.91. The van der Waals surface area contributed by atoms with Gasteiger partial charge in [0.15, 0.2) is 11.4 Å². The predicted molar refractivity (Wildman–Crippen MR) is 67.3 cm³/mol. The Morgan fingerprint density at radius 3 is 2.65 bits per heavy atom. The van der Waals surface area contributed by atoms with Crippen LogP contribution in [-0.2, 0) is 5.41 Å². The number of carbonyl (C=O) groups is 1. The van der Waals surface area contributed by atoms with Crippen molar-refractivity contribution in [1.29, 1.82) is 0 Å². The van der Waals surface area contributed by atoms with Gasteiger partial charge in [-0.05, 0) is 18.2 Å². The molecule has 2 aromatic rings. The molecule has 3 nitrogen and oxygen atoms in total. The molecular formula is C14H17NO2. The maximum Gasteiger partial charge on any atom is 0.200 e. The number of ketones is 1. The van der Waals surface area contributed by atoms with Crippen LogP contribution in [0.25, 0.3) is 11.1 Å². The SMILES string of the molecule is CCC(=O)c1ccc2oc(C(C)(C)C)nc2c1. The molecule has 0 spiro atoms. The van der Waals surface area contributed by atoms with Gasteiger partial charge in [0.25, 0.3) is 0 Å². The highest BCUT2D eigenvalue weighted by molar-refractivity contribution is 5.98. The smallest absolute Gasteiger partial charge is 0.200 e. The summed E-state index contributed by atoms with van der Waals surface area (Å²) >= 11 is 0. The molecule has 0 saturated carbocycles. The number of hydrogen-bond donors (Lipinski definition) is 0. The zero-order chi connectivity index (χ0) is 12.6. The Morgan fingerprint density at radius 1 is 1.35 bits per heavy atom. The summed E-state index contributed by atoms with van der Waals surface area (Å²) in [4.78, 5) is 16.0. The fourth-order valence-electron chi connectivity index (χ4n) is 1.63. The number of Topliss-reactive ketones (excluding diaryl/α,β-unsaturated/α-hetero) is 1. The maximum atomic E-state index is 11.6. The Kier molecular flexibility index (Phi) is 2.77. The summed E-state index contributed by atoms with van der Waals surface area (Å²) in [6.45, 7) is 8.01. The van der Waals surface area contributed by atoms with E-state index in [1.54, 1.807) is 12.1 Å². The first-order valence-electron chi connectivity index (χ1n) is 5.86. The molecule has 0 N–H and O–H groups in total. The summed E-state index contributed by atoms with van der Waals surface area (Å²) in [7, 11) is 0. The Bertz CT molecular complexity index is 561. The molecule has 0 atom stereocenters. The third-order valence-corrected chi connectivity index (χ3v) is 2.67. The minimum atomic E-state index is -0.117. The van der Waals surface area contributed by atoms with Gasteiger partial charge >= 0.3 is 0 Å². The van der Waals surface area contributed by atoms with Gasteiger partial charge in [0.2, 0.25) is 5.89 Å². The number of oxazole rings is 1. The molecule has 0 aliphatic heterocycles. The lowest BCUT2D eigenvalue weighted by molar-refractivity contribution is 0.0988. The fourth-order valence-corrected chi connectivity index (χ4v) is 1.63. The molecule has 0 amide bonds. The van der Waals surface area contributed by atoms with Gasteiger partial charge in [0, 0.05) is 17.4 Å². The van der Waals surface area contributed by atoms with E-state index in [2.05, 4.69) is 25.8 Å². The third kappa shape index (κ3) is 2.23. The van der Waals surface area contributed by atoms with Gasteiger partial charge in [-0.2, -0.15) is 0 Å². The zero-order valence-electron chi connectivity index (χ0n) is 10.7. The average molecular weight is 231 g/mol. The van der Waals surface area contributed by atoms with E-state index >= 15 is 0 Å². The van der Waals surface area contributed by atoms with Gasteiger partial charge in [0.05, 0.1) is 0 Å². The number of carbonyl (C=O) groups excluding carboxylic acids is 1. The van der Waals surface area contributed by atoms with Gasteiger partial charge in [-0.3, -0.25) is 4.79 Å². The van der Waals surface area contributed by atoms with Crippen molar-refractivity contribution in [3.63, 3.8) is 0 Å². The molecule has 2 rings (SSSR count). The van der Waals surface area contributed by atoms with Crippen LogP contribution in [0.1, 0.15) is 50.4 Å². The number of fused-ring (bicyclic) bond motifs is 1. The van der Waals surface area contributed by atoms with Crippen LogP contribution < -0.4 is 0 Å². The van der Waals surface area contributed by atoms with Crippen molar-refractivity contribution >= 4 is 16.9 Å². The predicted octanol–water partition coefficient (Wildman–Crippen LogP) is 3.72. The van der Waals surface area contributed by atoms with E-state index in [4.69, 9.17) is 4.42 Å². The molecule has 90 valence electrons. The van der Waals surface area contributed by atoms with E-state index in [-0.39, 0.29) is 11.2 Å². The van der Waals surface area contributed by atoms with Crippen molar-refractivity contribution in [3.05, 3.63) is 29.7 Å². The quantitative estimate of drug-likeness (QED) is 0.740. The van der Waals surface area contributed by atoms with E-state index in [1.807, 2.05) is 13.0 Å². The van der Waals surface area contributed by atoms with E-state index in [0.29, 0.717) is 17.9 Å². The normalized spacial score (nSPS) is 12.0. The van der Waals surface area contributed by atoms with Crippen molar-refractivity contribution in [2.45, 2.75) is 39.5 Å². The number of rotatable bonds is 2. The number of hydrogen-bond acceptors (Lipinski definition) is 3. The van der Waals surface area contributed by atoms with Crippen LogP contribution >= 0.6 is 0 Å². The van der Waals surface area contributed by atoms with Gasteiger partial charge < -0.3 is 4.42 Å². The highest BCUT2D eigenvalue weighted by Crippen LogP contribution is 2.26. The minimum Gasteiger partial charge on any atom is -0.440 e. The summed E-state index contributed by atoms with van der Waals surface area (Å²) in [6, 6.07) is 5.42. The monoisotopic (exact) mass is 231 g/mol. The molecule has 0 saturated heterocycles. The molecule has 0 bridgehead atoms. The van der Waals surface area contributed by atoms with Crippen LogP contribution in [0, 0.1) is 0 Å². The lowest BCUT2D eigenvalue weighted by Crippen LogP contribution is -2.10. The van der Waals surface area contributed by atoms with Crippen molar-refractivity contribution in [2.75, 3.05) is 0 Å². The van der Waals surface area contributed by atoms with E-state index in [0.717, 1.165) is 11.1 Å². The topological polar surface area (TPSA) is 43.1 Å². The highest BCUT2D eigenvalue weighted by atomic mass is 16.3. The highest BCUT2D eigenvalue weighted by Gasteiger charge is 2.21. The van der Waals surface area contributed by atoms with Crippen molar-refractivity contribution in [2.24, 2.45) is 0 Å². The Balaban J connectivity index is 2.52. The molecule has 1 aromatic carbocycles. The molecule has 0 fully saturated rings. The van der Waals surface area contributed by atoms with Gasteiger partial charge in [-0.15, -0.1) is 0 Å². The van der Waals surface area contributed by atoms with Crippen LogP contribution in [0.2, 0.25) is 0 Å². The summed E-state index contributed by atoms with van der Waals surface area (Å²) in [5, 5.41) is 0. The fraction of sp³-hybridized carbons (Fsp3) is 0.429. The van der Waals surface area contributed by atoms with Crippen molar-refractivity contribution in [3.8, 4) is 0 Å². The van der Waals surface area contributed by atoms with Crippen LogP contribution in [0.4, 0.5) is 0 Å². The zero-order valence-corrected chi connectivity index (χ0v) is 10.7. The molecule has 17 heavy (non-hydrogen) atoms. The second kappa shape index (κ2) is 3.99. The van der Waals surface area contributed by atoms with Crippen molar-refractivity contribution in [1.82, 2.24) is 4.98 Å². The molecule has 1 heterocycles. The van der Waals surface area contributed by atoms with Crippen LogP contribution in [0.5, 0.6) is 0 Å². The summed E-state index contributed by atoms with van der Waals surface area (Å²) in [6.07, 6.45) is 0.509. The first kappa shape index (κ1) is 11.8. The van der Waals surface area contributed by atoms with Crippen LogP contribution in [0.15, 0.2) is 22.6 Å². The van der Waals surface area contributed by atoms with Crippen LogP contribution in [0.3, 0.4) is 0 Å². The molecule has 0 radical (unpaired) electrons. The Hall–Kier alpha value is -1.64. The lowest BCUT2D eigenvalue weighted by atomic mass is 9.97. The lowest BCUT2D eigenvalue weighted by Gasteiger charge is -2.11. The van der Waals surface area contributed by atoms with E-state index < -0.39 is 0 Å². The Morgan fingerprint density at radius 2 is 2.06 bits per heavy atom. The average Bonchev–Trinajstić information content (AvgIpc) is 2.70. The van der Waals surface area contributed by atoms with Gasteiger partial charge in [-0.25, -0.2) is 4.98 Å². The largest absolute Gasteiger partial charge is 0.440 e. The van der Waals surface area contributed by atoms with Gasteiger partial charge in [-0.1, -0.05) is 27.7 Å². The van der Waals surface area contributed by atoms with E-state index in [1.165, 1.54) is 0 Å². The number of benzene rings is 1. The summed E-state index contributed by atoms with van der Waals surface area (Å²) in [5.74, 6) is 0.834. The molecule has 0 unspecified atom stereocenters. The Labute approximate surface area is 101 Å². The third-order valence-electron chi connectivity index (χ3n) is 2.67. The summed E-state index contributed by atoms with van der Waals surface area (Å²) < 4.78 is 5.68. The standard InChI is InChI=1S/C14H17NO2/c1-5-11(16)9-6-7-12-10(8-9)15-13(17-12)14(2,3)4/h6-8H,5H2,1-4H3. The first-order valence-corrected chi connectivity index (χ1v) is 5.86. The number of nitrogens with zero attached hydrogens (tertiary/aromatic N) is 1. The molecule has 0 aliphatic rings. The maximum absolute atomic E-state index is 11.6. The molecule has 3 heteroatoms. The second-order valence-electron chi connectivity index (χ2n) is 5.23. The van der Waals surface area contributed by atoms with Gasteiger partial charge in [0.1, 0.15) is 5.52 Å². The minimum absolute atomic E-state index is 0.117.